The maximum atomic E-state index is 13.4. The molecule has 5 rings (SSSR count). The number of fused-ring (bicyclic) bond motifs is 2. The first-order chi connectivity index (χ1) is 15.1. The summed E-state index contributed by atoms with van der Waals surface area (Å²) in [5, 5.41) is 1.76. The molecule has 1 aliphatic heterocycles. The van der Waals surface area contributed by atoms with E-state index in [1.54, 1.807) is 17.5 Å². The fourth-order valence-electron chi connectivity index (χ4n) is 4.39. The van der Waals surface area contributed by atoms with Crippen LogP contribution in [0.5, 0.6) is 0 Å². The largest absolute Gasteiger partial charge is 0.359 e. The second-order valence-electron chi connectivity index (χ2n) is 8.01. The topological polar surface area (TPSA) is 49.0 Å². The van der Waals surface area contributed by atoms with Crippen LogP contribution in [0.1, 0.15) is 23.1 Å². The molecule has 3 aromatic carbocycles. The average Bonchev–Trinajstić information content (AvgIpc) is 3.19. The molecule has 0 spiro atoms. The molecule has 0 fully saturated rings. The fraction of sp³-hybridized carbons (Fsp3) is 0.200. The van der Waals surface area contributed by atoms with Crippen LogP contribution in [0.3, 0.4) is 0 Å². The third kappa shape index (κ3) is 3.79. The molecule has 4 aromatic rings. The van der Waals surface area contributed by atoms with E-state index < -0.39 is 0 Å². The predicted molar refractivity (Wildman–Crippen MR) is 125 cm³/mol. The van der Waals surface area contributed by atoms with Crippen LogP contribution in [0.4, 0.5) is 10.1 Å². The molecule has 1 atom stereocenters. The lowest BCUT2D eigenvalue weighted by Gasteiger charge is -2.38. The molecule has 1 aromatic heterocycles. The zero-order chi connectivity index (χ0) is 21.4. The van der Waals surface area contributed by atoms with Crippen molar-refractivity contribution in [1.82, 2.24) is 9.97 Å². The summed E-state index contributed by atoms with van der Waals surface area (Å²) in [6, 6.07) is 19.0. The van der Waals surface area contributed by atoms with Crippen molar-refractivity contribution in [1.29, 1.82) is 0 Å². The standard InChI is InChI=1S/C25H22FN3OS/c1-16-5-12-22-23(13-16)28-25(27-22)21-4-2-3-18-8-11-20(15-31-30)29(24(18)21)14-17-6-9-19(26)10-7-17/h2-7,9-10,12-13,15,20H,8,11,14H2,1H3,(H,27,28). The number of nitrogens with one attached hydrogen (secondary N) is 1. The summed E-state index contributed by atoms with van der Waals surface area (Å²) in [6.07, 6.45) is 1.76. The minimum Gasteiger partial charge on any atom is -0.359 e. The summed E-state index contributed by atoms with van der Waals surface area (Å²) in [5.41, 5.74) is 7.45. The van der Waals surface area contributed by atoms with Gasteiger partial charge in [-0.25, -0.2) is 13.6 Å². The molecular weight excluding hydrogens is 409 g/mol. The second kappa shape index (κ2) is 8.12. The van der Waals surface area contributed by atoms with Gasteiger partial charge in [0.15, 0.2) is 0 Å². The Labute approximate surface area is 183 Å². The third-order valence-corrected chi connectivity index (χ3v) is 6.31. The van der Waals surface area contributed by atoms with Crippen molar-refractivity contribution in [2.45, 2.75) is 32.4 Å². The number of halogens is 1. The Morgan fingerprint density at radius 2 is 2.03 bits per heavy atom. The summed E-state index contributed by atoms with van der Waals surface area (Å²) >= 11 is 0.507. The van der Waals surface area contributed by atoms with Crippen molar-refractivity contribution in [3.63, 3.8) is 0 Å². The Hall–Kier alpha value is -3.25. The molecule has 0 radical (unpaired) electrons. The molecule has 6 heteroatoms. The number of H-pyrrole nitrogens is 1. The van der Waals surface area contributed by atoms with Crippen molar-refractivity contribution in [2.24, 2.45) is 0 Å². The maximum absolute atomic E-state index is 13.4. The summed E-state index contributed by atoms with van der Waals surface area (Å²) in [4.78, 5) is 10.6. The van der Waals surface area contributed by atoms with Crippen molar-refractivity contribution < 1.29 is 8.60 Å². The highest BCUT2D eigenvalue weighted by atomic mass is 32.1. The Kier molecular flexibility index (Phi) is 5.16. The van der Waals surface area contributed by atoms with Crippen molar-refractivity contribution in [3.05, 3.63) is 83.2 Å². The summed E-state index contributed by atoms with van der Waals surface area (Å²) < 4.78 is 24.9. The summed E-state index contributed by atoms with van der Waals surface area (Å²) in [5.74, 6) is 0.566. The molecule has 1 N–H and O–H groups in total. The van der Waals surface area contributed by atoms with E-state index in [2.05, 4.69) is 47.1 Å². The van der Waals surface area contributed by atoms with E-state index in [0.717, 1.165) is 46.5 Å². The van der Waals surface area contributed by atoms with Gasteiger partial charge in [-0.2, -0.15) is 0 Å². The van der Waals surface area contributed by atoms with Gasteiger partial charge >= 0.3 is 0 Å². The minimum absolute atomic E-state index is 0.00664. The Morgan fingerprint density at radius 1 is 1.19 bits per heavy atom. The molecule has 2 heterocycles. The minimum atomic E-state index is -0.251. The Bertz CT molecular complexity index is 1310. The number of aryl methyl sites for hydroxylation is 2. The van der Waals surface area contributed by atoms with Gasteiger partial charge in [0.05, 0.1) is 34.0 Å². The quantitative estimate of drug-likeness (QED) is 0.462. The second-order valence-corrected chi connectivity index (χ2v) is 8.48. The molecule has 1 aliphatic rings. The SMILES string of the molecule is Cc1ccc2nc(-c3cccc4c3N(Cc3ccc(F)cc3)C(C=S=O)CC4)[nH]c2c1. The highest BCUT2D eigenvalue weighted by Crippen LogP contribution is 2.39. The first-order valence-electron chi connectivity index (χ1n) is 10.3. The maximum Gasteiger partial charge on any atom is 0.140 e. The van der Waals surface area contributed by atoms with Gasteiger partial charge in [0.25, 0.3) is 0 Å². The van der Waals surface area contributed by atoms with Crippen molar-refractivity contribution >= 4 is 33.3 Å². The number of anilines is 1. The van der Waals surface area contributed by atoms with Crippen LogP contribution >= 0.6 is 0 Å². The van der Waals surface area contributed by atoms with Crippen LogP contribution in [0.15, 0.2) is 60.7 Å². The fourth-order valence-corrected chi connectivity index (χ4v) is 4.80. The Balaban J connectivity index is 1.65. The zero-order valence-corrected chi connectivity index (χ0v) is 18.0. The lowest BCUT2D eigenvalue weighted by Crippen LogP contribution is -2.40. The van der Waals surface area contributed by atoms with Crippen LogP contribution in [0, 0.1) is 12.7 Å². The van der Waals surface area contributed by atoms with Gasteiger partial charge < -0.3 is 9.88 Å². The van der Waals surface area contributed by atoms with Crippen LogP contribution < -0.4 is 4.90 Å². The average molecular weight is 432 g/mol. The number of para-hydroxylation sites is 1. The number of hydrogen-bond acceptors (Lipinski definition) is 3. The molecule has 156 valence electrons. The zero-order valence-electron chi connectivity index (χ0n) is 17.1. The van der Waals surface area contributed by atoms with Gasteiger partial charge in [-0.15, -0.1) is 0 Å². The van der Waals surface area contributed by atoms with Crippen molar-refractivity contribution in [3.8, 4) is 11.4 Å². The highest BCUT2D eigenvalue weighted by molar-refractivity contribution is 7.65. The van der Waals surface area contributed by atoms with Gasteiger partial charge in [-0.1, -0.05) is 30.3 Å². The lowest BCUT2D eigenvalue weighted by molar-refractivity contribution is 0.621. The number of aromatic amines is 1. The number of hydrogen-bond donors (Lipinski definition) is 1. The Morgan fingerprint density at radius 3 is 2.84 bits per heavy atom. The number of nitrogens with zero attached hydrogens (tertiary/aromatic N) is 2. The van der Waals surface area contributed by atoms with Gasteiger partial charge in [0, 0.05) is 17.5 Å². The van der Waals surface area contributed by atoms with Crippen LogP contribution in [-0.2, 0) is 24.2 Å². The molecule has 0 saturated heterocycles. The predicted octanol–water partition coefficient (Wildman–Crippen LogP) is 5.01. The smallest absolute Gasteiger partial charge is 0.140 e. The van der Waals surface area contributed by atoms with Crippen LogP contribution in [-0.4, -0.2) is 25.6 Å². The molecular formula is C25H22FN3OS. The van der Waals surface area contributed by atoms with Gasteiger partial charge in [0.1, 0.15) is 11.6 Å². The van der Waals surface area contributed by atoms with Crippen LogP contribution in [0.2, 0.25) is 0 Å². The first-order valence-corrected chi connectivity index (χ1v) is 11.1. The highest BCUT2D eigenvalue weighted by Gasteiger charge is 2.28. The van der Waals surface area contributed by atoms with E-state index in [1.165, 1.54) is 23.3 Å². The van der Waals surface area contributed by atoms with E-state index in [0.29, 0.717) is 17.8 Å². The number of benzene rings is 3. The first kappa shape index (κ1) is 19.7. The lowest BCUT2D eigenvalue weighted by atomic mass is 9.92. The summed E-state index contributed by atoms with van der Waals surface area (Å²) in [6.45, 7) is 2.65. The normalized spacial score (nSPS) is 15.7. The van der Waals surface area contributed by atoms with Crippen molar-refractivity contribution in [2.75, 3.05) is 4.90 Å². The molecule has 1 unspecified atom stereocenters. The third-order valence-electron chi connectivity index (χ3n) is 5.89. The monoisotopic (exact) mass is 431 g/mol. The van der Waals surface area contributed by atoms with Crippen LogP contribution in [0.25, 0.3) is 22.4 Å². The molecule has 4 nitrogen and oxygen atoms in total. The van der Waals surface area contributed by atoms with E-state index in [9.17, 15) is 8.60 Å². The molecule has 0 amide bonds. The number of aromatic nitrogens is 2. The molecule has 31 heavy (non-hydrogen) atoms. The molecule has 0 saturated carbocycles. The van der Waals surface area contributed by atoms with Gasteiger partial charge in [0.2, 0.25) is 0 Å². The number of rotatable bonds is 4. The van der Waals surface area contributed by atoms with Gasteiger partial charge in [-0.3, -0.25) is 0 Å². The van der Waals surface area contributed by atoms with E-state index in [4.69, 9.17) is 4.98 Å². The van der Waals surface area contributed by atoms with Gasteiger partial charge in [-0.05, 0) is 66.8 Å². The molecule has 0 aliphatic carbocycles. The number of imidazole rings is 1. The molecule has 0 bridgehead atoms. The van der Waals surface area contributed by atoms with E-state index >= 15 is 0 Å². The van der Waals surface area contributed by atoms with E-state index in [1.807, 2.05) is 6.07 Å². The van der Waals surface area contributed by atoms with E-state index in [-0.39, 0.29) is 11.9 Å². The summed E-state index contributed by atoms with van der Waals surface area (Å²) in [7, 11) is 0.